The third kappa shape index (κ3) is 2.76. The van der Waals surface area contributed by atoms with E-state index in [1.807, 2.05) is 31.2 Å². The number of nitrogens with one attached hydrogen (secondary N) is 1. The fraction of sp³-hybridized carbons (Fsp3) is 0.429. The van der Waals surface area contributed by atoms with E-state index in [1.165, 1.54) is 0 Å². The van der Waals surface area contributed by atoms with Gasteiger partial charge < -0.3 is 14.7 Å². The quantitative estimate of drug-likeness (QED) is 0.559. The van der Waals surface area contributed by atoms with Crippen molar-refractivity contribution in [3.8, 4) is 0 Å². The number of morpholine rings is 1. The minimum absolute atomic E-state index is 0.00808. The van der Waals surface area contributed by atoms with Crippen molar-refractivity contribution in [2.24, 2.45) is 5.84 Å². The molecule has 21 heavy (non-hydrogen) atoms. The molecule has 1 aromatic carbocycles. The van der Waals surface area contributed by atoms with Gasteiger partial charge >= 0.3 is 0 Å². The van der Waals surface area contributed by atoms with Gasteiger partial charge in [-0.1, -0.05) is 12.1 Å². The summed E-state index contributed by atoms with van der Waals surface area (Å²) in [6.07, 6.45) is -0.185. The van der Waals surface area contributed by atoms with Crippen LogP contribution in [0.25, 0.3) is 10.9 Å². The Balaban J connectivity index is 2.05. The van der Waals surface area contributed by atoms with E-state index in [9.17, 15) is 5.11 Å². The Kier molecular flexibility index (Phi) is 3.87. The maximum atomic E-state index is 9.37. The summed E-state index contributed by atoms with van der Waals surface area (Å²) >= 11 is 0. The summed E-state index contributed by atoms with van der Waals surface area (Å²) in [5, 5.41) is 10.3. The lowest BCUT2D eigenvalue weighted by Crippen LogP contribution is -2.48. The molecule has 0 saturated carbocycles. The summed E-state index contributed by atoms with van der Waals surface area (Å²) in [5.74, 6) is 6.65. The molecule has 1 aliphatic rings. The number of anilines is 2. The van der Waals surface area contributed by atoms with Crippen LogP contribution in [0.1, 0.15) is 6.92 Å². The van der Waals surface area contributed by atoms with Crippen molar-refractivity contribution in [2.75, 3.05) is 30.0 Å². The summed E-state index contributed by atoms with van der Waals surface area (Å²) in [6, 6.07) is 7.80. The number of aromatic nitrogens is 2. The molecular formula is C14H19N5O2. The van der Waals surface area contributed by atoms with Crippen molar-refractivity contribution in [3.05, 3.63) is 24.3 Å². The summed E-state index contributed by atoms with van der Waals surface area (Å²) in [6.45, 7) is 3.28. The van der Waals surface area contributed by atoms with Crippen LogP contribution < -0.4 is 16.2 Å². The number of fused-ring (bicyclic) bond motifs is 1. The first-order chi connectivity index (χ1) is 10.2. The molecule has 2 unspecified atom stereocenters. The Hall–Kier alpha value is -1.96. The SMILES string of the molecule is CC1CN(c2nc(NN)nc3ccccc23)CC(CO)O1. The topological polar surface area (TPSA) is 96.5 Å². The molecule has 0 spiro atoms. The van der Waals surface area contributed by atoms with E-state index in [4.69, 9.17) is 10.6 Å². The second kappa shape index (κ2) is 5.80. The number of nitrogen functional groups attached to an aromatic ring is 1. The normalized spacial score (nSPS) is 22.5. The first-order valence-electron chi connectivity index (χ1n) is 6.96. The van der Waals surface area contributed by atoms with Crippen molar-refractivity contribution in [1.29, 1.82) is 0 Å². The van der Waals surface area contributed by atoms with Crippen LogP contribution in [0, 0.1) is 0 Å². The molecule has 112 valence electrons. The molecule has 7 heteroatoms. The first kappa shape index (κ1) is 14.0. The van der Waals surface area contributed by atoms with Gasteiger partial charge in [0.1, 0.15) is 5.82 Å². The summed E-state index contributed by atoms with van der Waals surface area (Å²) in [7, 11) is 0. The average Bonchev–Trinajstić information content (AvgIpc) is 2.53. The number of aliphatic hydroxyl groups is 1. The number of benzene rings is 1. The van der Waals surface area contributed by atoms with Crippen molar-refractivity contribution < 1.29 is 9.84 Å². The van der Waals surface area contributed by atoms with Crippen LogP contribution in [0.4, 0.5) is 11.8 Å². The van der Waals surface area contributed by atoms with E-state index in [0.29, 0.717) is 19.0 Å². The molecule has 0 radical (unpaired) electrons. The van der Waals surface area contributed by atoms with Crippen molar-refractivity contribution in [2.45, 2.75) is 19.1 Å². The van der Waals surface area contributed by atoms with Gasteiger partial charge in [-0.15, -0.1) is 0 Å². The Morgan fingerprint density at radius 3 is 2.95 bits per heavy atom. The minimum atomic E-state index is -0.211. The molecule has 1 fully saturated rings. The Bertz CT molecular complexity index is 636. The van der Waals surface area contributed by atoms with E-state index in [1.54, 1.807) is 0 Å². The van der Waals surface area contributed by atoms with Crippen LogP contribution in [0.2, 0.25) is 0 Å². The van der Waals surface area contributed by atoms with Gasteiger partial charge in [0.15, 0.2) is 0 Å². The molecule has 2 atom stereocenters. The molecule has 1 aliphatic heterocycles. The monoisotopic (exact) mass is 289 g/mol. The zero-order chi connectivity index (χ0) is 14.8. The number of rotatable bonds is 3. The smallest absolute Gasteiger partial charge is 0.239 e. The number of para-hydroxylation sites is 1. The molecule has 0 amide bonds. The van der Waals surface area contributed by atoms with E-state index < -0.39 is 0 Å². The van der Waals surface area contributed by atoms with E-state index in [2.05, 4.69) is 20.3 Å². The fourth-order valence-corrected chi connectivity index (χ4v) is 2.68. The van der Waals surface area contributed by atoms with Crippen LogP contribution in [-0.4, -0.2) is 47.0 Å². The number of hydrogen-bond acceptors (Lipinski definition) is 7. The van der Waals surface area contributed by atoms with Crippen molar-refractivity contribution in [1.82, 2.24) is 9.97 Å². The maximum Gasteiger partial charge on any atom is 0.239 e. The van der Waals surface area contributed by atoms with Crippen LogP contribution in [0.15, 0.2) is 24.3 Å². The molecular weight excluding hydrogens is 270 g/mol. The van der Waals surface area contributed by atoms with Crippen LogP contribution >= 0.6 is 0 Å². The van der Waals surface area contributed by atoms with Gasteiger partial charge in [-0.25, -0.2) is 10.8 Å². The van der Waals surface area contributed by atoms with Gasteiger partial charge in [0.2, 0.25) is 5.95 Å². The predicted octanol–water partition coefficient (Wildman–Crippen LogP) is 0.501. The predicted molar refractivity (Wildman–Crippen MR) is 81.0 cm³/mol. The van der Waals surface area contributed by atoms with E-state index >= 15 is 0 Å². The Morgan fingerprint density at radius 1 is 1.38 bits per heavy atom. The third-order valence-electron chi connectivity index (χ3n) is 3.54. The molecule has 0 bridgehead atoms. The summed E-state index contributed by atoms with van der Waals surface area (Å²) in [5.41, 5.74) is 3.33. The standard InChI is InChI=1S/C14H19N5O2/c1-9-6-19(7-10(8-20)21-9)13-11-4-2-3-5-12(11)16-14(17-13)18-15/h2-5,9-10,20H,6-8,15H2,1H3,(H,16,17,18). The number of ether oxygens (including phenoxy) is 1. The van der Waals surface area contributed by atoms with Crippen LogP contribution in [-0.2, 0) is 4.74 Å². The lowest BCUT2D eigenvalue weighted by Gasteiger charge is -2.37. The number of nitrogens with zero attached hydrogens (tertiary/aromatic N) is 3. The Labute approximate surface area is 122 Å². The molecule has 0 aliphatic carbocycles. The summed E-state index contributed by atoms with van der Waals surface area (Å²) < 4.78 is 5.68. The highest BCUT2D eigenvalue weighted by Gasteiger charge is 2.27. The highest BCUT2D eigenvalue weighted by atomic mass is 16.5. The number of nitrogens with two attached hydrogens (primary N) is 1. The zero-order valence-corrected chi connectivity index (χ0v) is 11.9. The number of hydrogen-bond donors (Lipinski definition) is 3. The van der Waals surface area contributed by atoms with Gasteiger partial charge in [-0.05, 0) is 19.1 Å². The first-order valence-corrected chi connectivity index (χ1v) is 6.96. The van der Waals surface area contributed by atoms with Gasteiger partial charge in [-0.3, -0.25) is 5.43 Å². The average molecular weight is 289 g/mol. The highest BCUT2D eigenvalue weighted by Crippen LogP contribution is 2.27. The van der Waals surface area contributed by atoms with Crippen LogP contribution in [0.5, 0.6) is 0 Å². The van der Waals surface area contributed by atoms with E-state index in [0.717, 1.165) is 16.7 Å². The minimum Gasteiger partial charge on any atom is -0.394 e. The second-order valence-electron chi connectivity index (χ2n) is 5.19. The van der Waals surface area contributed by atoms with E-state index in [-0.39, 0.29) is 18.8 Å². The van der Waals surface area contributed by atoms with Crippen LogP contribution in [0.3, 0.4) is 0 Å². The molecule has 2 heterocycles. The fourth-order valence-electron chi connectivity index (χ4n) is 2.68. The largest absolute Gasteiger partial charge is 0.394 e. The maximum absolute atomic E-state index is 9.37. The lowest BCUT2D eigenvalue weighted by molar-refractivity contribution is -0.0422. The second-order valence-corrected chi connectivity index (χ2v) is 5.19. The highest BCUT2D eigenvalue weighted by molar-refractivity contribution is 5.90. The van der Waals surface area contributed by atoms with Crippen molar-refractivity contribution in [3.63, 3.8) is 0 Å². The molecule has 2 aromatic rings. The summed E-state index contributed by atoms with van der Waals surface area (Å²) in [4.78, 5) is 11.0. The number of hydrazine groups is 1. The van der Waals surface area contributed by atoms with Gasteiger partial charge in [-0.2, -0.15) is 4.98 Å². The molecule has 4 N–H and O–H groups in total. The van der Waals surface area contributed by atoms with Gasteiger partial charge in [0, 0.05) is 18.5 Å². The third-order valence-corrected chi connectivity index (χ3v) is 3.54. The Morgan fingerprint density at radius 2 is 2.19 bits per heavy atom. The van der Waals surface area contributed by atoms with Gasteiger partial charge in [0.25, 0.3) is 0 Å². The van der Waals surface area contributed by atoms with Crippen molar-refractivity contribution >= 4 is 22.7 Å². The molecule has 1 aromatic heterocycles. The zero-order valence-electron chi connectivity index (χ0n) is 11.9. The van der Waals surface area contributed by atoms with Gasteiger partial charge in [0.05, 0.1) is 24.3 Å². The molecule has 7 nitrogen and oxygen atoms in total. The lowest BCUT2D eigenvalue weighted by atomic mass is 10.1. The molecule has 1 saturated heterocycles. The number of aliphatic hydroxyl groups excluding tert-OH is 1. The molecule has 3 rings (SSSR count).